The zero-order valence-electron chi connectivity index (χ0n) is 17.4. The molecule has 0 N–H and O–H groups in total. The Morgan fingerprint density at radius 2 is 0.875 bits per heavy atom. The summed E-state index contributed by atoms with van der Waals surface area (Å²) in [5.41, 5.74) is 0. The fourth-order valence-electron chi connectivity index (χ4n) is 3.79. The van der Waals surface area contributed by atoms with E-state index in [1.54, 1.807) is 0 Å². The molecule has 0 saturated heterocycles. The van der Waals surface area contributed by atoms with Crippen LogP contribution in [0.3, 0.4) is 0 Å². The molecule has 145 valence electrons. The maximum absolute atomic E-state index is 3.97. The van der Waals surface area contributed by atoms with E-state index in [4.69, 9.17) is 0 Å². The van der Waals surface area contributed by atoms with E-state index in [2.05, 4.69) is 20.8 Å². The predicted molar refractivity (Wildman–Crippen MR) is 113 cm³/mol. The molecule has 1 radical (unpaired) electrons. The smallest absolute Gasteiger partial charge is 0.0417 e. The molecule has 0 heteroatoms. The normalized spacial score (nSPS) is 12.6. The van der Waals surface area contributed by atoms with Crippen LogP contribution in [0, 0.1) is 12.8 Å². The van der Waals surface area contributed by atoms with Crippen molar-refractivity contribution < 1.29 is 0 Å². The van der Waals surface area contributed by atoms with E-state index in [-0.39, 0.29) is 0 Å². The summed E-state index contributed by atoms with van der Waals surface area (Å²) >= 11 is 0. The van der Waals surface area contributed by atoms with Crippen molar-refractivity contribution in [3.8, 4) is 0 Å². The molecule has 0 aromatic rings. The van der Waals surface area contributed by atoms with Gasteiger partial charge in [0, 0.05) is 0 Å². The zero-order valence-corrected chi connectivity index (χ0v) is 17.4. The Morgan fingerprint density at radius 1 is 0.500 bits per heavy atom. The highest BCUT2D eigenvalue weighted by atomic mass is 14.1. The summed E-state index contributed by atoms with van der Waals surface area (Å²) in [5, 5.41) is 0. The standard InChI is InChI=1S/C24H49/c1-4-7-9-10-11-12-13-14-15-16-17-18-19-20-21-23-24(6-3)22-8-5-2/h24H,2,4-23H2,1,3H3. The van der Waals surface area contributed by atoms with Crippen molar-refractivity contribution >= 4 is 0 Å². The Labute approximate surface area is 155 Å². The predicted octanol–water partition coefficient (Wildman–Crippen LogP) is 9.28. The molecule has 0 bridgehead atoms. The second-order valence-electron chi connectivity index (χ2n) is 8.01. The number of rotatable bonds is 20. The maximum atomic E-state index is 3.97. The topological polar surface area (TPSA) is 0 Å². The minimum Gasteiger partial charge on any atom is -0.0654 e. The first kappa shape index (κ1) is 24.0. The van der Waals surface area contributed by atoms with Gasteiger partial charge >= 0.3 is 0 Å². The van der Waals surface area contributed by atoms with Gasteiger partial charge in [0.1, 0.15) is 0 Å². The molecule has 0 fully saturated rings. The van der Waals surface area contributed by atoms with E-state index in [0.717, 1.165) is 12.3 Å². The average Bonchev–Trinajstić information content (AvgIpc) is 2.61. The highest BCUT2D eigenvalue weighted by Gasteiger charge is 2.04. The third-order valence-corrected chi connectivity index (χ3v) is 5.66. The molecular weight excluding hydrogens is 288 g/mol. The van der Waals surface area contributed by atoms with E-state index in [9.17, 15) is 0 Å². The lowest BCUT2D eigenvalue weighted by Gasteiger charge is -2.13. The van der Waals surface area contributed by atoms with Crippen molar-refractivity contribution in [3.63, 3.8) is 0 Å². The minimum atomic E-state index is 0.980. The van der Waals surface area contributed by atoms with E-state index < -0.39 is 0 Å². The molecule has 0 heterocycles. The molecule has 0 spiro atoms. The molecule has 1 atom stereocenters. The quantitative estimate of drug-likeness (QED) is 0.194. The summed E-state index contributed by atoms with van der Waals surface area (Å²) < 4.78 is 0. The van der Waals surface area contributed by atoms with Crippen LogP contribution in [0.1, 0.15) is 142 Å². The lowest BCUT2D eigenvalue weighted by atomic mass is 9.93. The number of unbranched alkanes of at least 4 members (excludes halogenated alkanes) is 15. The van der Waals surface area contributed by atoms with E-state index in [1.165, 1.54) is 122 Å². The van der Waals surface area contributed by atoms with Gasteiger partial charge in [-0.1, -0.05) is 149 Å². The van der Waals surface area contributed by atoms with Crippen molar-refractivity contribution in [2.24, 2.45) is 5.92 Å². The lowest BCUT2D eigenvalue weighted by molar-refractivity contribution is 0.402. The van der Waals surface area contributed by atoms with Gasteiger partial charge in [0.05, 0.1) is 0 Å². The van der Waals surface area contributed by atoms with Crippen molar-refractivity contribution in [1.29, 1.82) is 0 Å². The van der Waals surface area contributed by atoms with Crippen molar-refractivity contribution in [2.75, 3.05) is 0 Å². The van der Waals surface area contributed by atoms with Gasteiger partial charge in [-0.3, -0.25) is 0 Å². The first-order valence-electron chi connectivity index (χ1n) is 11.6. The fourth-order valence-corrected chi connectivity index (χ4v) is 3.79. The summed E-state index contributed by atoms with van der Waals surface area (Å²) in [7, 11) is 0. The van der Waals surface area contributed by atoms with Gasteiger partial charge in [0.2, 0.25) is 0 Å². The zero-order chi connectivity index (χ0) is 17.7. The van der Waals surface area contributed by atoms with Gasteiger partial charge in [-0.25, -0.2) is 0 Å². The molecule has 0 amide bonds. The van der Waals surface area contributed by atoms with Gasteiger partial charge in [-0.15, -0.1) is 0 Å². The van der Waals surface area contributed by atoms with Crippen LogP contribution in [0.4, 0.5) is 0 Å². The molecule has 1 unspecified atom stereocenters. The summed E-state index contributed by atoms with van der Waals surface area (Å²) in [5.74, 6) is 0.980. The maximum Gasteiger partial charge on any atom is -0.0417 e. The van der Waals surface area contributed by atoms with Gasteiger partial charge in [-0.05, 0) is 5.92 Å². The molecule has 0 aromatic heterocycles. The first-order valence-corrected chi connectivity index (χ1v) is 11.6. The SMILES string of the molecule is [CH2]CCCC(CC)CCCCCCCCCCCCCCCCC. The van der Waals surface area contributed by atoms with Gasteiger partial charge in [0.25, 0.3) is 0 Å². The first-order chi connectivity index (χ1) is 11.8. The lowest BCUT2D eigenvalue weighted by Crippen LogP contribution is -1.98. The van der Waals surface area contributed by atoms with Crippen LogP contribution < -0.4 is 0 Å². The molecule has 24 heavy (non-hydrogen) atoms. The average molecular weight is 338 g/mol. The molecule has 0 aromatic carbocycles. The van der Waals surface area contributed by atoms with Crippen LogP contribution >= 0.6 is 0 Å². The highest BCUT2D eigenvalue weighted by molar-refractivity contribution is 4.59. The Balaban J connectivity index is 3.12. The largest absolute Gasteiger partial charge is 0.0654 e. The Kier molecular flexibility index (Phi) is 21.0. The molecular formula is C24H49. The van der Waals surface area contributed by atoms with Crippen LogP contribution in [-0.2, 0) is 0 Å². The van der Waals surface area contributed by atoms with Crippen LogP contribution in [0.25, 0.3) is 0 Å². The second kappa shape index (κ2) is 21.0. The van der Waals surface area contributed by atoms with Crippen molar-refractivity contribution in [3.05, 3.63) is 6.92 Å². The second-order valence-corrected chi connectivity index (χ2v) is 8.01. The highest BCUT2D eigenvalue weighted by Crippen LogP contribution is 2.20. The molecule has 0 rings (SSSR count). The van der Waals surface area contributed by atoms with E-state index >= 15 is 0 Å². The summed E-state index contributed by atoms with van der Waals surface area (Å²) in [6.07, 6.45) is 28.7. The van der Waals surface area contributed by atoms with E-state index in [1.807, 2.05) is 0 Å². The van der Waals surface area contributed by atoms with Crippen molar-refractivity contribution in [2.45, 2.75) is 142 Å². The molecule has 0 aliphatic rings. The van der Waals surface area contributed by atoms with Crippen LogP contribution in [0.15, 0.2) is 0 Å². The Hall–Kier alpha value is 0. The van der Waals surface area contributed by atoms with Crippen LogP contribution in [0.2, 0.25) is 0 Å². The van der Waals surface area contributed by atoms with E-state index in [0.29, 0.717) is 0 Å². The third-order valence-electron chi connectivity index (χ3n) is 5.66. The van der Waals surface area contributed by atoms with Gasteiger partial charge < -0.3 is 0 Å². The monoisotopic (exact) mass is 337 g/mol. The third kappa shape index (κ3) is 18.3. The molecule has 0 nitrogen and oxygen atoms in total. The minimum absolute atomic E-state index is 0.980. The number of hydrogen-bond acceptors (Lipinski definition) is 0. The van der Waals surface area contributed by atoms with Crippen LogP contribution in [-0.4, -0.2) is 0 Å². The summed E-state index contributed by atoms with van der Waals surface area (Å²) in [6, 6.07) is 0. The summed E-state index contributed by atoms with van der Waals surface area (Å²) in [6.45, 7) is 8.63. The fraction of sp³-hybridized carbons (Fsp3) is 0.958. The molecule has 0 aliphatic heterocycles. The molecule has 0 saturated carbocycles. The summed E-state index contributed by atoms with van der Waals surface area (Å²) in [4.78, 5) is 0. The Bertz CT molecular complexity index is 208. The van der Waals surface area contributed by atoms with Crippen molar-refractivity contribution in [1.82, 2.24) is 0 Å². The Morgan fingerprint density at radius 3 is 1.25 bits per heavy atom. The molecule has 0 aliphatic carbocycles. The number of hydrogen-bond donors (Lipinski definition) is 0. The van der Waals surface area contributed by atoms with Crippen LogP contribution in [0.5, 0.6) is 0 Å². The van der Waals surface area contributed by atoms with Gasteiger partial charge in [0.15, 0.2) is 0 Å². The van der Waals surface area contributed by atoms with Gasteiger partial charge in [-0.2, -0.15) is 0 Å².